The van der Waals surface area contributed by atoms with Crippen molar-refractivity contribution in [2.75, 3.05) is 18.8 Å². The second-order valence-electron chi connectivity index (χ2n) is 7.13. The number of nitrogen functional groups attached to an aromatic ring is 1. The molecule has 0 spiro atoms. The molecule has 30 heavy (non-hydrogen) atoms. The summed E-state index contributed by atoms with van der Waals surface area (Å²) in [4.78, 5) is 30.0. The Labute approximate surface area is 176 Å². The molecule has 3 heterocycles. The Hall–Kier alpha value is -3.58. The molecule has 0 aliphatic carbocycles. The highest BCUT2D eigenvalue weighted by Gasteiger charge is 2.26. The summed E-state index contributed by atoms with van der Waals surface area (Å²) in [5, 5.41) is 0.410. The van der Waals surface area contributed by atoms with Gasteiger partial charge in [0.1, 0.15) is 11.2 Å². The molecule has 0 radical (unpaired) electrons. The first-order valence-electron chi connectivity index (χ1n) is 9.45. The summed E-state index contributed by atoms with van der Waals surface area (Å²) in [6.07, 6.45) is 2.86. The van der Waals surface area contributed by atoms with Crippen LogP contribution < -0.4 is 5.73 Å². The van der Waals surface area contributed by atoms with E-state index in [1.165, 1.54) is 6.08 Å². The van der Waals surface area contributed by atoms with Gasteiger partial charge in [-0.1, -0.05) is 18.2 Å². The van der Waals surface area contributed by atoms with Crippen molar-refractivity contribution < 1.29 is 14.0 Å². The zero-order valence-electron chi connectivity index (χ0n) is 15.8. The molecule has 150 valence electrons. The summed E-state index contributed by atoms with van der Waals surface area (Å²) >= 11 is 5.31. The molecule has 1 aliphatic heterocycles. The topological polar surface area (TPSA) is 94.4 Å². The standard InChI is InChI=1S/C22H17ClN4O3/c23-19(28)5-2-8-26-9-10-27-16-12-14(7-6-13(16)11-17(27)22(26)29)21-25-20-15(24)3-1-4-18(20)30-21/h1-7,11-12H,8-10,24H2/b5-2+. The number of allylic oxidation sites excluding steroid dienone is 1. The minimum Gasteiger partial charge on any atom is -0.436 e. The van der Waals surface area contributed by atoms with Crippen LogP contribution in [0.25, 0.3) is 33.5 Å². The van der Waals surface area contributed by atoms with Crippen molar-refractivity contribution in [3.05, 3.63) is 60.3 Å². The Morgan fingerprint density at radius 1 is 1.23 bits per heavy atom. The number of hydrogen-bond donors (Lipinski definition) is 1. The van der Waals surface area contributed by atoms with Gasteiger partial charge in [0.25, 0.3) is 5.91 Å². The fourth-order valence-electron chi connectivity index (χ4n) is 3.83. The number of para-hydroxylation sites is 1. The minimum absolute atomic E-state index is 0.0830. The average molecular weight is 421 g/mol. The molecule has 0 atom stereocenters. The van der Waals surface area contributed by atoms with Gasteiger partial charge in [0.05, 0.1) is 5.69 Å². The lowest BCUT2D eigenvalue weighted by atomic mass is 10.1. The van der Waals surface area contributed by atoms with Crippen LogP contribution in [0.3, 0.4) is 0 Å². The first kappa shape index (κ1) is 18.4. The van der Waals surface area contributed by atoms with Gasteiger partial charge in [-0.05, 0) is 48.0 Å². The summed E-state index contributed by atoms with van der Waals surface area (Å²) in [6, 6.07) is 13.2. The van der Waals surface area contributed by atoms with E-state index < -0.39 is 5.24 Å². The summed E-state index contributed by atoms with van der Waals surface area (Å²) in [6.45, 7) is 1.53. The van der Waals surface area contributed by atoms with Crippen LogP contribution in [-0.2, 0) is 11.3 Å². The van der Waals surface area contributed by atoms with Crippen LogP contribution in [-0.4, -0.2) is 38.7 Å². The zero-order chi connectivity index (χ0) is 20.8. The predicted octanol–water partition coefficient (Wildman–Crippen LogP) is 3.81. The van der Waals surface area contributed by atoms with E-state index in [1.807, 2.05) is 41.0 Å². The highest BCUT2D eigenvalue weighted by molar-refractivity contribution is 6.66. The number of anilines is 1. The van der Waals surface area contributed by atoms with E-state index in [9.17, 15) is 9.59 Å². The number of oxazole rings is 1. The number of benzene rings is 2. The van der Waals surface area contributed by atoms with Gasteiger partial charge in [0.2, 0.25) is 11.1 Å². The molecule has 1 aliphatic rings. The maximum atomic E-state index is 12.9. The van der Waals surface area contributed by atoms with E-state index in [0.717, 1.165) is 16.5 Å². The molecule has 2 aromatic heterocycles. The van der Waals surface area contributed by atoms with Gasteiger partial charge in [-0.15, -0.1) is 0 Å². The molecule has 1 amide bonds. The number of carbonyl (C=O) groups is 2. The van der Waals surface area contributed by atoms with Crippen molar-refractivity contribution >= 4 is 50.4 Å². The quantitative estimate of drug-likeness (QED) is 0.308. The van der Waals surface area contributed by atoms with Crippen LogP contribution >= 0.6 is 11.6 Å². The lowest BCUT2D eigenvalue weighted by Crippen LogP contribution is -2.40. The number of carbonyl (C=O) groups excluding carboxylic acids is 2. The Morgan fingerprint density at radius 2 is 2.10 bits per heavy atom. The second-order valence-corrected chi connectivity index (χ2v) is 7.50. The normalized spacial score (nSPS) is 14.2. The van der Waals surface area contributed by atoms with E-state index in [4.69, 9.17) is 21.8 Å². The van der Waals surface area contributed by atoms with Gasteiger partial charge in [-0.25, -0.2) is 4.98 Å². The first-order chi connectivity index (χ1) is 14.5. The minimum atomic E-state index is -0.554. The third-order valence-corrected chi connectivity index (χ3v) is 5.40. The maximum Gasteiger partial charge on any atom is 0.270 e. The molecule has 4 aromatic rings. The Balaban J connectivity index is 1.51. The Kier molecular flexibility index (Phi) is 4.33. The molecule has 2 aromatic carbocycles. The number of fused-ring (bicyclic) bond motifs is 4. The molecular formula is C22H17ClN4O3. The number of amides is 1. The highest BCUT2D eigenvalue weighted by Crippen LogP contribution is 2.31. The van der Waals surface area contributed by atoms with E-state index in [2.05, 4.69) is 4.98 Å². The third-order valence-electron chi connectivity index (χ3n) is 5.28. The van der Waals surface area contributed by atoms with Crippen LogP contribution in [0, 0.1) is 0 Å². The fourth-order valence-corrected chi connectivity index (χ4v) is 3.92. The van der Waals surface area contributed by atoms with Crippen LogP contribution in [0.15, 0.2) is 59.0 Å². The number of rotatable bonds is 4. The number of hydrogen-bond acceptors (Lipinski definition) is 5. The summed E-state index contributed by atoms with van der Waals surface area (Å²) in [5.74, 6) is 0.403. The molecule has 8 heteroatoms. The van der Waals surface area contributed by atoms with Gasteiger partial charge >= 0.3 is 0 Å². The fraction of sp³-hybridized carbons (Fsp3) is 0.136. The molecule has 7 nitrogen and oxygen atoms in total. The summed E-state index contributed by atoms with van der Waals surface area (Å²) < 4.78 is 7.89. The van der Waals surface area contributed by atoms with Gasteiger partial charge in [0, 0.05) is 36.1 Å². The maximum absolute atomic E-state index is 12.9. The van der Waals surface area contributed by atoms with E-state index in [1.54, 1.807) is 17.0 Å². The van der Waals surface area contributed by atoms with Gasteiger partial charge in [-0.3, -0.25) is 9.59 Å². The molecule has 0 unspecified atom stereocenters. The molecule has 5 rings (SSSR count). The van der Waals surface area contributed by atoms with Crippen LogP contribution in [0.4, 0.5) is 5.69 Å². The zero-order valence-corrected chi connectivity index (χ0v) is 16.6. The number of aromatic nitrogens is 2. The molecule has 0 bridgehead atoms. The molecule has 2 N–H and O–H groups in total. The number of nitrogens with zero attached hydrogens (tertiary/aromatic N) is 3. The van der Waals surface area contributed by atoms with Crippen LogP contribution in [0.5, 0.6) is 0 Å². The SMILES string of the molecule is Nc1cccc2oc(-c3ccc4cc5n(c4c3)CCN(C/C=C/C(=O)Cl)C5=O)nc12. The summed E-state index contributed by atoms with van der Waals surface area (Å²) in [7, 11) is 0. The van der Waals surface area contributed by atoms with Crippen LogP contribution in [0.2, 0.25) is 0 Å². The van der Waals surface area contributed by atoms with E-state index in [0.29, 0.717) is 48.0 Å². The molecule has 0 saturated heterocycles. The third kappa shape index (κ3) is 3.04. The highest BCUT2D eigenvalue weighted by atomic mass is 35.5. The van der Waals surface area contributed by atoms with Crippen molar-refractivity contribution in [2.24, 2.45) is 0 Å². The van der Waals surface area contributed by atoms with E-state index >= 15 is 0 Å². The first-order valence-corrected chi connectivity index (χ1v) is 9.83. The van der Waals surface area contributed by atoms with Crippen molar-refractivity contribution in [1.29, 1.82) is 0 Å². The predicted molar refractivity (Wildman–Crippen MR) is 115 cm³/mol. The number of halogens is 1. The smallest absolute Gasteiger partial charge is 0.270 e. The number of nitrogens with two attached hydrogens (primary N) is 1. The Morgan fingerprint density at radius 3 is 2.90 bits per heavy atom. The summed E-state index contributed by atoms with van der Waals surface area (Å²) in [5.41, 5.74) is 10.2. The molecular weight excluding hydrogens is 404 g/mol. The lowest BCUT2D eigenvalue weighted by Gasteiger charge is -2.27. The largest absolute Gasteiger partial charge is 0.436 e. The van der Waals surface area contributed by atoms with Crippen LogP contribution in [0.1, 0.15) is 10.5 Å². The van der Waals surface area contributed by atoms with Gasteiger partial charge < -0.3 is 19.6 Å². The van der Waals surface area contributed by atoms with Gasteiger partial charge in [0.15, 0.2) is 5.58 Å². The monoisotopic (exact) mass is 420 g/mol. The Bertz CT molecular complexity index is 1350. The van der Waals surface area contributed by atoms with E-state index in [-0.39, 0.29) is 5.91 Å². The van der Waals surface area contributed by atoms with Crippen molar-refractivity contribution in [3.8, 4) is 11.5 Å². The van der Waals surface area contributed by atoms with Gasteiger partial charge in [-0.2, -0.15) is 0 Å². The molecule has 0 saturated carbocycles. The molecule has 0 fully saturated rings. The second kappa shape index (κ2) is 7.03. The van der Waals surface area contributed by atoms with Crippen molar-refractivity contribution in [3.63, 3.8) is 0 Å². The lowest BCUT2D eigenvalue weighted by molar-refractivity contribution is -0.107. The van der Waals surface area contributed by atoms with Crippen molar-refractivity contribution in [2.45, 2.75) is 6.54 Å². The average Bonchev–Trinajstić information content (AvgIpc) is 3.32. The van der Waals surface area contributed by atoms with Crippen molar-refractivity contribution in [1.82, 2.24) is 14.5 Å².